The van der Waals surface area contributed by atoms with E-state index in [1.165, 1.54) is 6.07 Å². The lowest BCUT2D eigenvalue weighted by Crippen LogP contribution is -2.23. The minimum atomic E-state index is -0.262. The van der Waals surface area contributed by atoms with Crippen LogP contribution in [0.15, 0.2) is 42.5 Å². The van der Waals surface area contributed by atoms with E-state index >= 15 is 0 Å². The van der Waals surface area contributed by atoms with E-state index in [1.807, 2.05) is 0 Å². The molecule has 5 heteroatoms. The van der Waals surface area contributed by atoms with Gasteiger partial charge in [-0.05, 0) is 35.9 Å². The van der Waals surface area contributed by atoms with Crippen molar-refractivity contribution in [1.82, 2.24) is 5.32 Å². The smallest absolute Gasteiger partial charge is 0.253 e. The first kappa shape index (κ1) is 13.2. The molecule has 2 aromatic rings. The van der Waals surface area contributed by atoms with Crippen molar-refractivity contribution in [2.45, 2.75) is 6.54 Å². The molecule has 0 bridgehead atoms. The highest BCUT2D eigenvalue weighted by Gasteiger charge is 2.09. The number of benzene rings is 2. The van der Waals surface area contributed by atoms with Gasteiger partial charge >= 0.3 is 0 Å². The highest BCUT2D eigenvalue weighted by Crippen LogP contribution is 2.18. The molecule has 4 N–H and O–H groups in total. The topological polar surface area (TPSA) is 75.4 Å². The predicted molar refractivity (Wildman–Crippen MR) is 75.1 cm³/mol. The first-order valence-electron chi connectivity index (χ1n) is 5.67. The van der Waals surface area contributed by atoms with E-state index < -0.39 is 0 Å². The number of hydrogen-bond acceptors (Lipinski definition) is 3. The third kappa shape index (κ3) is 3.39. The number of nitrogen functional groups attached to an aromatic ring is 1. The first-order valence-corrected chi connectivity index (χ1v) is 6.05. The SMILES string of the molecule is Nc1cc(Cl)ccc1C(=O)NCc1ccc(O)cc1. The molecule has 0 radical (unpaired) electrons. The summed E-state index contributed by atoms with van der Waals surface area (Å²) in [6, 6.07) is 11.4. The zero-order chi connectivity index (χ0) is 13.8. The van der Waals surface area contributed by atoms with E-state index in [4.69, 9.17) is 22.4 Å². The number of hydrogen-bond donors (Lipinski definition) is 3. The summed E-state index contributed by atoms with van der Waals surface area (Å²) in [5.41, 5.74) is 7.36. The Morgan fingerprint density at radius 2 is 1.89 bits per heavy atom. The highest BCUT2D eigenvalue weighted by molar-refractivity contribution is 6.31. The molecule has 0 fully saturated rings. The van der Waals surface area contributed by atoms with Crippen molar-refractivity contribution >= 4 is 23.2 Å². The number of nitrogens with two attached hydrogens (primary N) is 1. The van der Waals surface area contributed by atoms with Crippen LogP contribution in [0.25, 0.3) is 0 Å². The lowest BCUT2D eigenvalue weighted by Gasteiger charge is -2.08. The quantitative estimate of drug-likeness (QED) is 0.754. The Balaban J connectivity index is 2.03. The number of halogens is 1. The van der Waals surface area contributed by atoms with Gasteiger partial charge < -0.3 is 16.2 Å². The molecule has 0 aromatic heterocycles. The number of phenols is 1. The summed E-state index contributed by atoms with van der Waals surface area (Å²) >= 11 is 5.77. The second-order valence-electron chi connectivity index (χ2n) is 4.08. The van der Waals surface area contributed by atoms with Gasteiger partial charge in [0.2, 0.25) is 0 Å². The minimum Gasteiger partial charge on any atom is -0.508 e. The Morgan fingerprint density at radius 1 is 1.21 bits per heavy atom. The number of nitrogens with one attached hydrogen (secondary N) is 1. The lowest BCUT2D eigenvalue weighted by atomic mass is 10.1. The fraction of sp³-hybridized carbons (Fsp3) is 0.0714. The normalized spacial score (nSPS) is 10.2. The summed E-state index contributed by atoms with van der Waals surface area (Å²) in [4.78, 5) is 11.9. The fourth-order valence-corrected chi connectivity index (χ4v) is 1.81. The number of amides is 1. The van der Waals surface area contributed by atoms with E-state index in [1.54, 1.807) is 36.4 Å². The summed E-state index contributed by atoms with van der Waals surface area (Å²) in [5.74, 6) is -0.0701. The molecular formula is C14H13ClN2O2. The van der Waals surface area contributed by atoms with Gasteiger partial charge in [-0.25, -0.2) is 0 Å². The number of phenolic OH excluding ortho intramolecular Hbond substituents is 1. The number of carbonyl (C=O) groups is 1. The average Bonchev–Trinajstić information content (AvgIpc) is 2.37. The Kier molecular flexibility index (Phi) is 3.92. The van der Waals surface area contributed by atoms with Crippen LogP contribution in [0.4, 0.5) is 5.69 Å². The van der Waals surface area contributed by atoms with Crippen LogP contribution in [0, 0.1) is 0 Å². The summed E-state index contributed by atoms with van der Waals surface area (Å²) in [5, 5.41) is 12.4. The van der Waals surface area contributed by atoms with Crippen LogP contribution < -0.4 is 11.1 Å². The van der Waals surface area contributed by atoms with Gasteiger partial charge in [0.15, 0.2) is 0 Å². The Morgan fingerprint density at radius 3 is 2.53 bits per heavy atom. The van der Waals surface area contributed by atoms with Crippen LogP contribution >= 0.6 is 11.6 Å². The number of anilines is 1. The molecule has 0 aliphatic carbocycles. The summed E-state index contributed by atoms with van der Waals surface area (Å²) < 4.78 is 0. The maximum atomic E-state index is 11.9. The first-order chi connectivity index (χ1) is 9.06. The largest absolute Gasteiger partial charge is 0.508 e. The fourth-order valence-electron chi connectivity index (χ4n) is 1.63. The third-order valence-corrected chi connectivity index (χ3v) is 2.88. The van der Waals surface area contributed by atoms with Crippen LogP contribution in [0.2, 0.25) is 5.02 Å². The van der Waals surface area contributed by atoms with Gasteiger partial charge in [-0.2, -0.15) is 0 Å². The molecule has 0 unspecified atom stereocenters. The van der Waals surface area contributed by atoms with Crippen LogP contribution in [-0.4, -0.2) is 11.0 Å². The molecule has 0 aliphatic rings. The third-order valence-electron chi connectivity index (χ3n) is 2.65. The Bertz CT molecular complexity index is 597. The molecule has 0 aliphatic heterocycles. The lowest BCUT2D eigenvalue weighted by molar-refractivity contribution is 0.0952. The van der Waals surface area contributed by atoms with Crippen molar-refractivity contribution in [3.05, 3.63) is 58.6 Å². The standard InChI is InChI=1S/C14H13ClN2O2/c15-10-3-6-12(13(16)7-10)14(19)17-8-9-1-4-11(18)5-2-9/h1-7,18H,8,16H2,(H,17,19). The van der Waals surface area contributed by atoms with Crippen molar-refractivity contribution in [3.8, 4) is 5.75 Å². The second kappa shape index (κ2) is 5.63. The highest BCUT2D eigenvalue weighted by atomic mass is 35.5. The predicted octanol–water partition coefficient (Wildman–Crippen LogP) is 2.56. The van der Waals surface area contributed by atoms with Crippen molar-refractivity contribution in [2.75, 3.05) is 5.73 Å². The van der Waals surface area contributed by atoms with E-state index in [-0.39, 0.29) is 11.7 Å². The maximum absolute atomic E-state index is 11.9. The molecule has 0 saturated heterocycles. The monoisotopic (exact) mass is 276 g/mol. The van der Waals surface area contributed by atoms with E-state index in [2.05, 4.69) is 5.32 Å². The van der Waals surface area contributed by atoms with Crippen LogP contribution in [-0.2, 0) is 6.54 Å². The van der Waals surface area contributed by atoms with Gasteiger partial charge in [0, 0.05) is 17.3 Å². The molecule has 0 atom stereocenters. The molecule has 19 heavy (non-hydrogen) atoms. The van der Waals surface area contributed by atoms with E-state index in [0.717, 1.165) is 5.56 Å². The van der Waals surface area contributed by atoms with Gasteiger partial charge in [-0.1, -0.05) is 23.7 Å². The number of aromatic hydroxyl groups is 1. The number of rotatable bonds is 3. The van der Waals surface area contributed by atoms with Gasteiger partial charge in [-0.3, -0.25) is 4.79 Å². The van der Waals surface area contributed by atoms with E-state index in [9.17, 15) is 4.79 Å². The van der Waals surface area contributed by atoms with Crippen molar-refractivity contribution in [2.24, 2.45) is 0 Å². The molecule has 2 aromatic carbocycles. The molecular weight excluding hydrogens is 264 g/mol. The molecule has 2 rings (SSSR count). The molecule has 0 saturated carbocycles. The van der Waals surface area contributed by atoms with Gasteiger partial charge in [-0.15, -0.1) is 0 Å². The zero-order valence-corrected chi connectivity index (χ0v) is 10.8. The molecule has 0 heterocycles. The zero-order valence-electron chi connectivity index (χ0n) is 10.1. The summed E-state index contributed by atoms with van der Waals surface area (Å²) in [6.07, 6.45) is 0. The van der Waals surface area contributed by atoms with Crippen molar-refractivity contribution in [3.63, 3.8) is 0 Å². The van der Waals surface area contributed by atoms with Gasteiger partial charge in [0.05, 0.1) is 5.56 Å². The second-order valence-corrected chi connectivity index (χ2v) is 4.52. The van der Waals surface area contributed by atoms with Gasteiger partial charge in [0.25, 0.3) is 5.91 Å². The summed E-state index contributed by atoms with van der Waals surface area (Å²) in [6.45, 7) is 0.362. The minimum absolute atomic E-state index is 0.192. The Labute approximate surface area is 115 Å². The van der Waals surface area contributed by atoms with Gasteiger partial charge in [0.1, 0.15) is 5.75 Å². The van der Waals surface area contributed by atoms with Crippen molar-refractivity contribution < 1.29 is 9.90 Å². The maximum Gasteiger partial charge on any atom is 0.253 e. The van der Waals surface area contributed by atoms with E-state index in [0.29, 0.717) is 22.8 Å². The Hall–Kier alpha value is -2.20. The summed E-state index contributed by atoms with van der Waals surface area (Å²) in [7, 11) is 0. The van der Waals surface area contributed by atoms with Crippen LogP contribution in [0.1, 0.15) is 15.9 Å². The van der Waals surface area contributed by atoms with Crippen molar-refractivity contribution in [1.29, 1.82) is 0 Å². The molecule has 4 nitrogen and oxygen atoms in total. The molecule has 1 amide bonds. The number of carbonyl (C=O) groups excluding carboxylic acids is 1. The average molecular weight is 277 g/mol. The van der Waals surface area contributed by atoms with Crippen LogP contribution in [0.5, 0.6) is 5.75 Å². The van der Waals surface area contributed by atoms with Crippen LogP contribution in [0.3, 0.4) is 0 Å². The molecule has 98 valence electrons. The molecule has 0 spiro atoms.